The summed E-state index contributed by atoms with van der Waals surface area (Å²) in [5.74, 6) is 0.315. The van der Waals surface area contributed by atoms with Gasteiger partial charge in [0.25, 0.3) is 0 Å². The fourth-order valence-electron chi connectivity index (χ4n) is 2.10. The van der Waals surface area contributed by atoms with Gasteiger partial charge in [-0.05, 0) is 22.1 Å². The van der Waals surface area contributed by atoms with Gasteiger partial charge >= 0.3 is 0 Å². The first kappa shape index (κ1) is 8.49. The average molecular weight is 191 g/mol. The molecule has 3 rings (SSSR count). The predicted octanol–water partition coefficient (Wildman–Crippen LogP) is 1.73. The van der Waals surface area contributed by atoms with Crippen LogP contribution in [-0.2, 0) is 0 Å². The van der Waals surface area contributed by atoms with Crippen LogP contribution in [0.2, 0.25) is 0 Å². The molecule has 0 amide bonds. The van der Waals surface area contributed by atoms with Gasteiger partial charge < -0.3 is 0 Å². The molecule has 2 aliphatic carbocycles. The van der Waals surface area contributed by atoms with E-state index in [0.717, 1.165) is 0 Å². The highest BCUT2D eigenvalue weighted by Gasteiger charge is 2.10. The molecule has 15 heavy (non-hydrogen) atoms. The number of fused-ring (bicyclic) bond motifs is 2. The zero-order valence-corrected chi connectivity index (χ0v) is 8.35. The SMILES string of the molecule is [C]1=CC=CC2=c3ccccc3=CC=CC12. The van der Waals surface area contributed by atoms with Gasteiger partial charge in [-0.25, -0.2) is 0 Å². The molecule has 0 bridgehead atoms. The third-order valence-corrected chi connectivity index (χ3v) is 2.83. The van der Waals surface area contributed by atoms with E-state index in [4.69, 9.17) is 0 Å². The summed E-state index contributed by atoms with van der Waals surface area (Å²) in [5.41, 5.74) is 1.35. The van der Waals surface area contributed by atoms with Gasteiger partial charge in [0.15, 0.2) is 0 Å². The van der Waals surface area contributed by atoms with Crippen LogP contribution in [0, 0.1) is 12.0 Å². The van der Waals surface area contributed by atoms with E-state index in [1.165, 1.54) is 16.0 Å². The molecular formula is C15H11. The van der Waals surface area contributed by atoms with Gasteiger partial charge in [0, 0.05) is 5.92 Å². The summed E-state index contributed by atoms with van der Waals surface area (Å²) in [7, 11) is 0. The van der Waals surface area contributed by atoms with Crippen molar-refractivity contribution in [1.29, 1.82) is 0 Å². The average Bonchev–Trinajstić information content (AvgIpc) is 2.48. The lowest BCUT2D eigenvalue weighted by Crippen LogP contribution is -2.27. The first-order valence-corrected chi connectivity index (χ1v) is 5.19. The van der Waals surface area contributed by atoms with Gasteiger partial charge in [-0.2, -0.15) is 0 Å². The Morgan fingerprint density at radius 2 is 2.00 bits per heavy atom. The Bertz CT molecular complexity index is 583. The van der Waals surface area contributed by atoms with Crippen molar-refractivity contribution in [3.05, 3.63) is 71.2 Å². The largest absolute Gasteiger partial charge is 0.0726 e. The van der Waals surface area contributed by atoms with E-state index in [1.54, 1.807) is 0 Å². The van der Waals surface area contributed by atoms with Crippen molar-refractivity contribution in [3.8, 4) is 0 Å². The smallest absolute Gasteiger partial charge is 0.0281 e. The molecule has 1 atom stereocenters. The first-order valence-electron chi connectivity index (χ1n) is 5.19. The van der Waals surface area contributed by atoms with E-state index < -0.39 is 0 Å². The van der Waals surface area contributed by atoms with E-state index in [9.17, 15) is 0 Å². The molecule has 0 N–H and O–H groups in total. The summed E-state index contributed by atoms with van der Waals surface area (Å²) in [6, 6.07) is 8.50. The van der Waals surface area contributed by atoms with E-state index in [2.05, 4.69) is 60.7 Å². The van der Waals surface area contributed by atoms with E-state index in [1.807, 2.05) is 6.08 Å². The van der Waals surface area contributed by atoms with Crippen LogP contribution in [0.5, 0.6) is 0 Å². The molecular weight excluding hydrogens is 180 g/mol. The molecule has 2 aliphatic rings. The van der Waals surface area contributed by atoms with Crippen LogP contribution in [0.3, 0.4) is 0 Å². The van der Waals surface area contributed by atoms with Crippen molar-refractivity contribution in [2.75, 3.05) is 0 Å². The van der Waals surface area contributed by atoms with E-state index >= 15 is 0 Å². The predicted molar refractivity (Wildman–Crippen MR) is 63.1 cm³/mol. The molecule has 0 aliphatic heterocycles. The fourth-order valence-corrected chi connectivity index (χ4v) is 2.10. The lowest BCUT2D eigenvalue weighted by molar-refractivity contribution is 1.05. The van der Waals surface area contributed by atoms with Crippen LogP contribution >= 0.6 is 0 Å². The highest BCUT2D eigenvalue weighted by molar-refractivity contribution is 5.67. The zero-order valence-electron chi connectivity index (χ0n) is 8.35. The van der Waals surface area contributed by atoms with Crippen molar-refractivity contribution >= 4 is 11.6 Å². The van der Waals surface area contributed by atoms with E-state index in [0.29, 0.717) is 5.92 Å². The van der Waals surface area contributed by atoms with E-state index in [-0.39, 0.29) is 0 Å². The van der Waals surface area contributed by atoms with Crippen molar-refractivity contribution in [2.45, 2.75) is 0 Å². The standard InChI is InChI=1S/C15H11/c1-3-10-14-12(6-1)8-5-9-13-7-2-4-11-15(13)14/h1-6,8-11,13H. The topological polar surface area (TPSA) is 0 Å². The molecule has 0 nitrogen and oxygen atoms in total. The number of hydrogen-bond donors (Lipinski definition) is 0. The number of hydrogen-bond acceptors (Lipinski definition) is 0. The lowest BCUT2D eigenvalue weighted by Gasteiger charge is -2.11. The summed E-state index contributed by atoms with van der Waals surface area (Å²) in [6.45, 7) is 0. The molecule has 0 saturated heterocycles. The van der Waals surface area contributed by atoms with Crippen LogP contribution in [0.1, 0.15) is 0 Å². The Hall–Kier alpha value is -1.82. The van der Waals surface area contributed by atoms with Gasteiger partial charge in [-0.3, -0.25) is 0 Å². The minimum absolute atomic E-state index is 0.315. The first-order chi connectivity index (χ1) is 7.45. The van der Waals surface area contributed by atoms with Gasteiger partial charge in [-0.1, -0.05) is 60.7 Å². The van der Waals surface area contributed by atoms with Crippen LogP contribution in [0.15, 0.2) is 54.6 Å². The zero-order chi connectivity index (χ0) is 10.1. The van der Waals surface area contributed by atoms with Crippen LogP contribution in [-0.4, -0.2) is 0 Å². The molecule has 0 fully saturated rings. The normalized spacial score (nSPS) is 21.6. The molecule has 71 valence electrons. The van der Waals surface area contributed by atoms with Crippen molar-refractivity contribution in [3.63, 3.8) is 0 Å². The second kappa shape index (κ2) is 3.39. The molecule has 0 saturated carbocycles. The molecule has 0 heterocycles. The second-order valence-corrected chi connectivity index (χ2v) is 3.76. The van der Waals surface area contributed by atoms with Crippen LogP contribution < -0.4 is 10.4 Å². The molecule has 1 radical (unpaired) electrons. The molecule has 0 aromatic heterocycles. The Balaban J connectivity index is 2.43. The summed E-state index contributed by atoms with van der Waals surface area (Å²) in [6.07, 6.45) is 16.1. The maximum atomic E-state index is 3.35. The lowest BCUT2D eigenvalue weighted by atomic mass is 9.93. The molecule has 1 unspecified atom stereocenters. The monoisotopic (exact) mass is 191 g/mol. The summed E-state index contributed by atoms with van der Waals surface area (Å²) in [4.78, 5) is 0. The van der Waals surface area contributed by atoms with Gasteiger partial charge in [0.1, 0.15) is 0 Å². The van der Waals surface area contributed by atoms with Crippen molar-refractivity contribution in [2.24, 2.45) is 5.92 Å². The number of rotatable bonds is 0. The fraction of sp³-hybridized carbons (Fsp3) is 0.0667. The maximum absolute atomic E-state index is 3.35. The van der Waals surface area contributed by atoms with Gasteiger partial charge in [0.2, 0.25) is 0 Å². The highest BCUT2D eigenvalue weighted by Crippen LogP contribution is 2.19. The Labute approximate surface area is 89.3 Å². The van der Waals surface area contributed by atoms with Gasteiger partial charge in [-0.15, -0.1) is 0 Å². The van der Waals surface area contributed by atoms with Crippen LogP contribution in [0.25, 0.3) is 11.6 Å². The molecule has 0 heteroatoms. The third-order valence-electron chi connectivity index (χ3n) is 2.83. The highest BCUT2D eigenvalue weighted by atomic mass is 14.1. The second-order valence-electron chi connectivity index (χ2n) is 3.76. The minimum Gasteiger partial charge on any atom is -0.0726 e. The summed E-state index contributed by atoms with van der Waals surface area (Å²) >= 11 is 0. The van der Waals surface area contributed by atoms with Crippen molar-refractivity contribution < 1.29 is 0 Å². The number of benzene rings is 1. The molecule has 1 aromatic carbocycles. The van der Waals surface area contributed by atoms with Gasteiger partial charge in [0.05, 0.1) is 0 Å². The van der Waals surface area contributed by atoms with Crippen molar-refractivity contribution in [1.82, 2.24) is 0 Å². The maximum Gasteiger partial charge on any atom is 0.0281 e. The Morgan fingerprint density at radius 1 is 1.07 bits per heavy atom. The molecule has 1 aromatic rings. The number of allylic oxidation sites excluding steroid dienone is 6. The minimum atomic E-state index is 0.315. The Morgan fingerprint density at radius 3 is 3.00 bits per heavy atom. The third kappa shape index (κ3) is 1.39. The summed E-state index contributed by atoms with van der Waals surface area (Å²) < 4.78 is 0. The van der Waals surface area contributed by atoms with Crippen LogP contribution in [0.4, 0.5) is 0 Å². The summed E-state index contributed by atoms with van der Waals surface area (Å²) in [5, 5.41) is 2.61. The molecule has 0 spiro atoms. The Kier molecular flexibility index (Phi) is 1.92. The quantitative estimate of drug-likeness (QED) is 0.586.